The van der Waals surface area contributed by atoms with Gasteiger partial charge in [-0.3, -0.25) is 0 Å². The third kappa shape index (κ3) is 1.52. The predicted octanol–water partition coefficient (Wildman–Crippen LogP) is 2.52. The van der Waals surface area contributed by atoms with Crippen LogP contribution >= 0.6 is 0 Å². The minimum absolute atomic E-state index is 0.796. The average molecular weight is 167 g/mol. The second-order valence-electron chi connectivity index (χ2n) is 5.17. The SMILES string of the molecule is CC1CC2(CCCN(C)CC2)C1. The zero-order valence-corrected chi connectivity index (χ0v) is 8.47. The van der Waals surface area contributed by atoms with Crippen molar-refractivity contribution >= 4 is 0 Å². The van der Waals surface area contributed by atoms with Crippen LogP contribution in [0, 0.1) is 11.3 Å². The molecule has 2 fully saturated rings. The van der Waals surface area contributed by atoms with E-state index in [1.54, 1.807) is 0 Å². The predicted molar refractivity (Wildman–Crippen MR) is 52.2 cm³/mol. The molecule has 0 atom stereocenters. The van der Waals surface area contributed by atoms with Gasteiger partial charge in [0.25, 0.3) is 0 Å². The molecule has 1 nitrogen and oxygen atoms in total. The summed E-state index contributed by atoms with van der Waals surface area (Å²) >= 11 is 0. The molecule has 1 saturated heterocycles. The Balaban J connectivity index is 1.91. The second-order valence-corrected chi connectivity index (χ2v) is 5.17. The number of hydrogen-bond acceptors (Lipinski definition) is 1. The fourth-order valence-electron chi connectivity index (χ4n) is 3.22. The van der Waals surface area contributed by atoms with Gasteiger partial charge in [-0.15, -0.1) is 0 Å². The van der Waals surface area contributed by atoms with Crippen LogP contribution in [0.1, 0.15) is 39.0 Å². The molecule has 0 unspecified atom stereocenters. The molecule has 0 amide bonds. The van der Waals surface area contributed by atoms with E-state index in [0.29, 0.717) is 0 Å². The van der Waals surface area contributed by atoms with Crippen molar-refractivity contribution in [3.05, 3.63) is 0 Å². The van der Waals surface area contributed by atoms with E-state index in [-0.39, 0.29) is 0 Å². The minimum Gasteiger partial charge on any atom is -0.306 e. The molecule has 0 radical (unpaired) electrons. The summed E-state index contributed by atoms with van der Waals surface area (Å²) < 4.78 is 0. The van der Waals surface area contributed by atoms with Gasteiger partial charge in [0.05, 0.1) is 0 Å². The highest BCUT2D eigenvalue weighted by atomic mass is 15.1. The highest BCUT2D eigenvalue weighted by Crippen LogP contribution is 2.52. The van der Waals surface area contributed by atoms with Gasteiger partial charge in [-0.1, -0.05) is 6.92 Å². The molecule has 12 heavy (non-hydrogen) atoms. The van der Waals surface area contributed by atoms with Gasteiger partial charge in [0, 0.05) is 0 Å². The molecule has 0 N–H and O–H groups in total. The van der Waals surface area contributed by atoms with Crippen molar-refractivity contribution < 1.29 is 0 Å². The maximum atomic E-state index is 2.50. The Hall–Kier alpha value is -0.0400. The van der Waals surface area contributed by atoms with Crippen molar-refractivity contribution in [1.82, 2.24) is 4.90 Å². The number of nitrogens with zero attached hydrogens (tertiary/aromatic N) is 1. The van der Waals surface area contributed by atoms with E-state index in [0.717, 1.165) is 11.3 Å². The van der Waals surface area contributed by atoms with Crippen LogP contribution in [0.4, 0.5) is 0 Å². The van der Waals surface area contributed by atoms with Crippen molar-refractivity contribution in [2.45, 2.75) is 39.0 Å². The number of likely N-dealkylation sites (tertiary alicyclic amines) is 1. The molecular weight excluding hydrogens is 146 g/mol. The Morgan fingerprint density at radius 3 is 2.58 bits per heavy atom. The summed E-state index contributed by atoms with van der Waals surface area (Å²) in [5.74, 6) is 1.02. The monoisotopic (exact) mass is 167 g/mol. The van der Waals surface area contributed by atoms with E-state index in [2.05, 4.69) is 18.9 Å². The van der Waals surface area contributed by atoms with E-state index in [1.807, 2.05) is 0 Å². The van der Waals surface area contributed by atoms with Crippen LogP contribution in [0.25, 0.3) is 0 Å². The molecule has 0 bridgehead atoms. The molecule has 1 saturated carbocycles. The van der Waals surface area contributed by atoms with Gasteiger partial charge in [-0.05, 0) is 63.6 Å². The Morgan fingerprint density at radius 1 is 1.17 bits per heavy atom. The fraction of sp³-hybridized carbons (Fsp3) is 1.00. The van der Waals surface area contributed by atoms with Gasteiger partial charge in [-0.25, -0.2) is 0 Å². The Labute approximate surface area is 76.1 Å². The third-order valence-corrected chi connectivity index (χ3v) is 3.83. The largest absolute Gasteiger partial charge is 0.306 e. The molecule has 1 heteroatoms. The standard InChI is InChI=1S/C11H21N/c1-10-8-11(9-10)4-3-6-12(2)7-5-11/h10H,3-9H2,1-2H3. The van der Waals surface area contributed by atoms with E-state index in [9.17, 15) is 0 Å². The number of rotatable bonds is 0. The van der Waals surface area contributed by atoms with Crippen molar-refractivity contribution in [1.29, 1.82) is 0 Å². The molecule has 0 aromatic heterocycles. The first-order valence-corrected chi connectivity index (χ1v) is 5.39. The molecule has 2 aliphatic rings. The topological polar surface area (TPSA) is 3.24 Å². The smallest absolute Gasteiger partial charge is 0.00165 e. The van der Waals surface area contributed by atoms with Gasteiger partial charge in [0.1, 0.15) is 0 Å². The summed E-state index contributed by atoms with van der Waals surface area (Å²) in [4.78, 5) is 2.50. The summed E-state index contributed by atoms with van der Waals surface area (Å²) in [6, 6.07) is 0. The Morgan fingerprint density at radius 2 is 1.92 bits per heavy atom. The van der Waals surface area contributed by atoms with Crippen LogP contribution in [0.5, 0.6) is 0 Å². The van der Waals surface area contributed by atoms with Crippen LogP contribution in [0.3, 0.4) is 0 Å². The quantitative estimate of drug-likeness (QED) is 0.536. The molecule has 2 rings (SSSR count). The second kappa shape index (κ2) is 3.02. The lowest BCUT2D eigenvalue weighted by atomic mass is 9.59. The molecule has 1 aliphatic carbocycles. The first-order chi connectivity index (χ1) is 5.70. The van der Waals surface area contributed by atoms with Gasteiger partial charge >= 0.3 is 0 Å². The Kier molecular flexibility index (Phi) is 2.16. The highest BCUT2D eigenvalue weighted by Gasteiger charge is 2.41. The van der Waals surface area contributed by atoms with Crippen LogP contribution in [0.15, 0.2) is 0 Å². The lowest BCUT2D eigenvalue weighted by molar-refractivity contribution is 0.0494. The Bertz CT molecular complexity index is 158. The van der Waals surface area contributed by atoms with Crippen molar-refractivity contribution in [3.63, 3.8) is 0 Å². The summed E-state index contributed by atoms with van der Waals surface area (Å²) in [6.45, 7) is 5.07. The summed E-state index contributed by atoms with van der Waals surface area (Å²) in [7, 11) is 2.26. The molecule has 1 spiro atoms. The third-order valence-electron chi connectivity index (χ3n) is 3.83. The van der Waals surface area contributed by atoms with Crippen molar-refractivity contribution in [3.8, 4) is 0 Å². The van der Waals surface area contributed by atoms with E-state index < -0.39 is 0 Å². The maximum absolute atomic E-state index is 2.50. The van der Waals surface area contributed by atoms with Crippen molar-refractivity contribution in [2.75, 3.05) is 20.1 Å². The zero-order valence-electron chi connectivity index (χ0n) is 8.47. The van der Waals surface area contributed by atoms with Gasteiger partial charge in [0.2, 0.25) is 0 Å². The molecule has 0 aromatic carbocycles. The van der Waals surface area contributed by atoms with E-state index in [1.165, 1.54) is 45.2 Å². The van der Waals surface area contributed by atoms with Crippen molar-refractivity contribution in [2.24, 2.45) is 11.3 Å². The maximum Gasteiger partial charge on any atom is -0.00165 e. The van der Waals surface area contributed by atoms with E-state index in [4.69, 9.17) is 0 Å². The first-order valence-electron chi connectivity index (χ1n) is 5.39. The van der Waals surface area contributed by atoms with Crippen LogP contribution in [-0.4, -0.2) is 25.0 Å². The van der Waals surface area contributed by atoms with Gasteiger partial charge < -0.3 is 4.90 Å². The highest BCUT2D eigenvalue weighted by molar-refractivity contribution is 4.93. The lowest BCUT2D eigenvalue weighted by Gasteiger charge is -2.46. The molecule has 70 valence electrons. The number of hydrogen-bond donors (Lipinski definition) is 0. The summed E-state index contributed by atoms with van der Waals surface area (Å²) in [6.07, 6.45) is 7.43. The van der Waals surface area contributed by atoms with E-state index >= 15 is 0 Å². The molecule has 0 aromatic rings. The fourth-order valence-corrected chi connectivity index (χ4v) is 3.22. The zero-order chi connectivity index (χ0) is 8.60. The molecular formula is C11H21N. The van der Waals surface area contributed by atoms with Gasteiger partial charge in [0.15, 0.2) is 0 Å². The minimum atomic E-state index is 0.796. The lowest BCUT2D eigenvalue weighted by Crippen LogP contribution is -2.36. The first kappa shape index (κ1) is 8.55. The molecule has 1 aliphatic heterocycles. The normalized spacial score (nSPS) is 44.0. The van der Waals surface area contributed by atoms with Crippen LogP contribution in [0.2, 0.25) is 0 Å². The van der Waals surface area contributed by atoms with Crippen LogP contribution in [-0.2, 0) is 0 Å². The summed E-state index contributed by atoms with van der Waals surface area (Å²) in [5, 5.41) is 0. The molecule has 1 heterocycles. The average Bonchev–Trinajstić information content (AvgIpc) is 2.12. The van der Waals surface area contributed by atoms with Gasteiger partial charge in [-0.2, -0.15) is 0 Å². The van der Waals surface area contributed by atoms with Crippen LogP contribution < -0.4 is 0 Å². The summed E-state index contributed by atoms with van der Waals surface area (Å²) in [5.41, 5.74) is 0.796.